The Balaban J connectivity index is 1.75. The van der Waals surface area contributed by atoms with Gasteiger partial charge in [0.1, 0.15) is 5.75 Å². The van der Waals surface area contributed by atoms with Crippen LogP contribution in [0.4, 0.5) is 0 Å². The minimum Gasteiger partial charge on any atom is -0.493 e. The van der Waals surface area contributed by atoms with Gasteiger partial charge in [-0.25, -0.2) is 0 Å². The van der Waals surface area contributed by atoms with Crippen molar-refractivity contribution in [2.75, 3.05) is 13.2 Å². The lowest BCUT2D eigenvalue weighted by atomic mass is 10.1. The van der Waals surface area contributed by atoms with Gasteiger partial charge in [-0.3, -0.25) is 0 Å². The number of benzene rings is 1. The van der Waals surface area contributed by atoms with Gasteiger partial charge in [0.25, 0.3) is 0 Å². The van der Waals surface area contributed by atoms with Crippen molar-refractivity contribution in [2.24, 2.45) is 5.92 Å². The molecule has 1 N–H and O–H groups in total. The molecule has 0 radical (unpaired) electrons. The molecule has 2 nitrogen and oxygen atoms in total. The summed E-state index contributed by atoms with van der Waals surface area (Å²) in [5.74, 6) is 1.62. The van der Waals surface area contributed by atoms with E-state index in [1.54, 1.807) is 0 Å². The molecule has 1 unspecified atom stereocenters. The predicted octanol–water partition coefficient (Wildman–Crippen LogP) is 3.02. The zero-order chi connectivity index (χ0) is 12.1. The van der Waals surface area contributed by atoms with Crippen LogP contribution in [0.25, 0.3) is 0 Å². The zero-order valence-corrected chi connectivity index (χ0v) is 10.9. The molecule has 17 heavy (non-hydrogen) atoms. The van der Waals surface area contributed by atoms with E-state index < -0.39 is 0 Å². The van der Waals surface area contributed by atoms with Crippen LogP contribution in [0, 0.1) is 5.92 Å². The van der Waals surface area contributed by atoms with Gasteiger partial charge in [-0.05, 0) is 30.9 Å². The van der Waals surface area contributed by atoms with E-state index >= 15 is 0 Å². The molecule has 1 saturated carbocycles. The highest BCUT2D eigenvalue weighted by Crippen LogP contribution is 2.20. The van der Waals surface area contributed by atoms with Gasteiger partial charge in [-0.15, -0.1) is 0 Å². The van der Waals surface area contributed by atoms with E-state index in [2.05, 4.69) is 37.4 Å². The summed E-state index contributed by atoms with van der Waals surface area (Å²) in [6.07, 6.45) is 3.74. The second-order valence-electron chi connectivity index (χ2n) is 5.06. The number of hydrogen-bond acceptors (Lipinski definition) is 2. The lowest BCUT2D eigenvalue weighted by Gasteiger charge is -2.15. The number of nitrogens with one attached hydrogen (secondary N) is 1. The highest BCUT2D eigenvalue weighted by molar-refractivity contribution is 5.33. The van der Waals surface area contributed by atoms with Crippen LogP contribution < -0.4 is 10.1 Å². The van der Waals surface area contributed by atoms with Crippen molar-refractivity contribution in [3.63, 3.8) is 0 Å². The fourth-order valence-electron chi connectivity index (χ4n) is 1.88. The second kappa shape index (κ2) is 6.06. The summed E-state index contributed by atoms with van der Waals surface area (Å²) in [4.78, 5) is 0. The Labute approximate surface area is 104 Å². The number of ether oxygens (including phenoxy) is 1. The maximum atomic E-state index is 5.90. The molecule has 0 saturated heterocycles. The summed E-state index contributed by atoms with van der Waals surface area (Å²) in [5.41, 5.74) is 1.30. The van der Waals surface area contributed by atoms with Gasteiger partial charge >= 0.3 is 0 Å². The molecule has 0 aliphatic heterocycles. The minimum absolute atomic E-state index is 0.570. The summed E-state index contributed by atoms with van der Waals surface area (Å²) in [6.45, 7) is 6.28. The van der Waals surface area contributed by atoms with Gasteiger partial charge in [-0.1, -0.05) is 32.0 Å². The molecule has 0 spiro atoms. The van der Waals surface area contributed by atoms with Crippen molar-refractivity contribution < 1.29 is 4.74 Å². The summed E-state index contributed by atoms with van der Waals surface area (Å²) in [5, 5.41) is 3.54. The van der Waals surface area contributed by atoms with E-state index in [4.69, 9.17) is 4.74 Å². The molecule has 1 aliphatic rings. The van der Waals surface area contributed by atoms with Crippen LogP contribution in [-0.2, 0) is 6.42 Å². The Morgan fingerprint density at radius 1 is 1.35 bits per heavy atom. The fraction of sp³-hybridized carbons (Fsp3) is 0.600. The highest BCUT2D eigenvalue weighted by atomic mass is 16.5. The van der Waals surface area contributed by atoms with E-state index in [9.17, 15) is 0 Å². The molecule has 0 heterocycles. The molecule has 0 amide bonds. The smallest absolute Gasteiger partial charge is 0.122 e. The van der Waals surface area contributed by atoms with Crippen LogP contribution in [0.5, 0.6) is 5.75 Å². The van der Waals surface area contributed by atoms with Crippen molar-refractivity contribution in [1.29, 1.82) is 0 Å². The summed E-state index contributed by atoms with van der Waals surface area (Å²) in [6, 6.07) is 9.12. The average molecular weight is 233 g/mol. The van der Waals surface area contributed by atoms with Gasteiger partial charge in [0, 0.05) is 18.5 Å². The molecule has 1 aromatic rings. The predicted molar refractivity (Wildman–Crippen MR) is 71.5 cm³/mol. The standard InChI is InChI=1S/C15H23NO/c1-3-13-6-4-5-7-15(13)17-11-12(2)10-16-14-8-9-14/h4-7,12,14,16H,3,8-11H2,1-2H3. The van der Waals surface area contributed by atoms with E-state index in [0.29, 0.717) is 5.92 Å². The van der Waals surface area contributed by atoms with Crippen molar-refractivity contribution >= 4 is 0 Å². The zero-order valence-electron chi connectivity index (χ0n) is 10.9. The van der Waals surface area contributed by atoms with Gasteiger partial charge < -0.3 is 10.1 Å². The van der Waals surface area contributed by atoms with Crippen LogP contribution in [0.15, 0.2) is 24.3 Å². The van der Waals surface area contributed by atoms with Crippen molar-refractivity contribution in [2.45, 2.75) is 39.2 Å². The van der Waals surface area contributed by atoms with E-state index in [-0.39, 0.29) is 0 Å². The van der Waals surface area contributed by atoms with Crippen LogP contribution in [-0.4, -0.2) is 19.2 Å². The summed E-state index contributed by atoms with van der Waals surface area (Å²) in [7, 11) is 0. The molecule has 1 atom stereocenters. The Morgan fingerprint density at radius 3 is 2.82 bits per heavy atom. The molecule has 0 bridgehead atoms. The van der Waals surface area contributed by atoms with Crippen molar-refractivity contribution in [1.82, 2.24) is 5.32 Å². The first-order valence-electron chi connectivity index (χ1n) is 6.73. The Bertz CT molecular complexity index is 347. The molecule has 1 aromatic carbocycles. The van der Waals surface area contributed by atoms with Crippen LogP contribution in [0.3, 0.4) is 0 Å². The van der Waals surface area contributed by atoms with Crippen LogP contribution in [0.2, 0.25) is 0 Å². The molecule has 2 rings (SSSR count). The summed E-state index contributed by atoms with van der Waals surface area (Å²) < 4.78 is 5.90. The fourth-order valence-corrected chi connectivity index (χ4v) is 1.88. The largest absolute Gasteiger partial charge is 0.493 e. The number of para-hydroxylation sites is 1. The third-order valence-corrected chi connectivity index (χ3v) is 3.21. The molecule has 94 valence electrons. The molecule has 0 aromatic heterocycles. The third-order valence-electron chi connectivity index (χ3n) is 3.21. The average Bonchev–Trinajstić information content (AvgIpc) is 3.18. The highest BCUT2D eigenvalue weighted by Gasteiger charge is 2.20. The third kappa shape index (κ3) is 4.04. The monoisotopic (exact) mass is 233 g/mol. The number of rotatable bonds is 7. The molecule has 1 fully saturated rings. The van der Waals surface area contributed by atoms with Gasteiger partial charge in [-0.2, -0.15) is 0 Å². The minimum atomic E-state index is 0.570. The lowest BCUT2D eigenvalue weighted by Crippen LogP contribution is -2.26. The van der Waals surface area contributed by atoms with E-state index in [1.165, 1.54) is 18.4 Å². The quantitative estimate of drug-likeness (QED) is 0.781. The maximum Gasteiger partial charge on any atom is 0.122 e. The topological polar surface area (TPSA) is 21.3 Å². The van der Waals surface area contributed by atoms with Crippen molar-refractivity contribution in [3.8, 4) is 5.75 Å². The SMILES string of the molecule is CCc1ccccc1OCC(C)CNC1CC1. The van der Waals surface area contributed by atoms with Gasteiger partial charge in [0.15, 0.2) is 0 Å². The van der Waals surface area contributed by atoms with Crippen LogP contribution in [0.1, 0.15) is 32.3 Å². The molecular formula is C15H23NO. The second-order valence-corrected chi connectivity index (χ2v) is 5.06. The normalized spacial score (nSPS) is 16.8. The van der Waals surface area contributed by atoms with E-state index in [0.717, 1.165) is 31.4 Å². The molecule has 1 aliphatic carbocycles. The Hall–Kier alpha value is -1.02. The first-order valence-corrected chi connectivity index (χ1v) is 6.73. The number of hydrogen-bond donors (Lipinski definition) is 1. The molecular weight excluding hydrogens is 210 g/mol. The number of aryl methyl sites for hydroxylation is 1. The van der Waals surface area contributed by atoms with Crippen molar-refractivity contribution in [3.05, 3.63) is 29.8 Å². The maximum absolute atomic E-state index is 5.90. The van der Waals surface area contributed by atoms with Gasteiger partial charge in [0.2, 0.25) is 0 Å². The molecule has 2 heteroatoms. The Kier molecular flexibility index (Phi) is 4.43. The van der Waals surface area contributed by atoms with Gasteiger partial charge in [0.05, 0.1) is 6.61 Å². The van der Waals surface area contributed by atoms with Crippen LogP contribution >= 0.6 is 0 Å². The first kappa shape index (κ1) is 12.4. The van der Waals surface area contributed by atoms with E-state index in [1.807, 2.05) is 6.07 Å². The Morgan fingerprint density at radius 2 is 2.12 bits per heavy atom. The summed E-state index contributed by atoms with van der Waals surface area (Å²) >= 11 is 0. The lowest BCUT2D eigenvalue weighted by molar-refractivity contribution is 0.253. The first-order chi connectivity index (χ1) is 8.29.